The van der Waals surface area contributed by atoms with E-state index >= 15 is 0 Å². The fraction of sp³-hybridized carbons (Fsp3) is 0.429. The number of sulfonamides is 1. The number of ether oxygens (including phenoxy) is 1. The first-order chi connectivity index (χ1) is 9.51. The van der Waals surface area contributed by atoms with E-state index in [2.05, 4.69) is 11.2 Å². The van der Waals surface area contributed by atoms with Crippen molar-refractivity contribution in [3.63, 3.8) is 0 Å². The van der Waals surface area contributed by atoms with Crippen LogP contribution in [0.1, 0.15) is 12.5 Å². The standard InChI is InChI=1S/C14H20N2O3S/c1-5-9-16(6-2)20(17,18)13-7-8-14(19-4)12(10-13)11-15-3/h1,7-8,10,15H,6,9,11H2,2-4H3. The van der Waals surface area contributed by atoms with Crippen molar-refractivity contribution in [1.82, 2.24) is 9.62 Å². The summed E-state index contributed by atoms with van der Waals surface area (Å²) < 4.78 is 31.4. The Hall–Kier alpha value is -1.55. The van der Waals surface area contributed by atoms with Gasteiger partial charge in [0.2, 0.25) is 10.0 Å². The van der Waals surface area contributed by atoms with Gasteiger partial charge in [-0.2, -0.15) is 4.31 Å². The number of nitrogens with zero attached hydrogens (tertiary/aromatic N) is 1. The van der Waals surface area contributed by atoms with Crippen LogP contribution in [0.3, 0.4) is 0 Å². The Bertz CT molecular complexity index is 591. The highest BCUT2D eigenvalue weighted by atomic mass is 32.2. The summed E-state index contributed by atoms with van der Waals surface area (Å²) in [6.45, 7) is 2.67. The smallest absolute Gasteiger partial charge is 0.243 e. The van der Waals surface area contributed by atoms with Gasteiger partial charge in [0.05, 0.1) is 18.6 Å². The van der Waals surface area contributed by atoms with Crippen molar-refractivity contribution in [1.29, 1.82) is 0 Å². The molecular formula is C14H20N2O3S. The minimum Gasteiger partial charge on any atom is -0.496 e. The van der Waals surface area contributed by atoms with Crippen molar-refractivity contribution in [2.45, 2.75) is 18.4 Å². The minimum atomic E-state index is -3.57. The summed E-state index contributed by atoms with van der Waals surface area (Å²) in [5, 5.41) is 2.98. The Morgan fingerprint density at radius 1 is 1.45 bits per heavy atom. The lowest BCUT2D eigenvalue weighted by atomic mass is 10.2. The first-order valence-corrected chi connectivity index (χ1v) is 7.70. The largest absolute Gasteiger partial charge is 0.496 e. The van der Waals surface area contributed by atoms with Crippen LogP contribution in [0.4, 0.5) is 0 Å². The average molecular weight is 296 g/mol. The maximum absolute atomic E-state index is 12.5. The van der Waals surface area contributed by atoms with Gasteiger partial charge < -0.3 is 10.1 Å². The number of methoxy groups -OCH3 is 1. The van der Waals surface area contributed by atoms with Crippen molar-refractivity contribution in [2.24, 2.45) is 0 Å². The number of hydrogen-bond donors (Lipinski definition) is 1. The topological polar surface area (TPSA) is 58.6 Å². The molecule has 0 aliphatic carbocycles. The van der Waals surface area contributed by atoms with Gasteiger partial charge in [0.25, 0.3) is 0 Å². The zero-order chi connectivity index (χ0) is 15.2. The van der Waals surface area contributed by atoms with E-state index in [0.29, 0.717) is 18.8 Å². The van der Waals surface area contributed by atoms with Crippen LogP contribution < -0.4 is 10.1 Å². The monoisotopic (exact) mass is 296 g/mol. The van der Waals surface area contributed by atoms with E-state index in [4.69, 9.17) is 11.2 Å². The Kier molecular flexibility index (Phi) is 6.02. The fourth-order valence-electron chi connectivity index (χ4n) is 1.86. The van der Waals surface area contributed by atoms with Crippen LogP contribution in [-0.4, -0.2) is 40.0 Å². The van der Waals surface area contributed by atoms with E-state index in [-0.39, 0.29) is 11.4 Å². The second-order valence-electron chi connectivity index (χ2n) is 4.14. The summed E-state index contributed by atoms with van der Waals surface area (Å²) in [5.74, 6) is 3.02. The third-order valence-electron chi connectivity index (χ3n) is 2.88. The van der Waals surface area contributed by atoms with E-state index < -0.39 is 10.0 Å². The fourth-order valence-corrected chi connectivity index (χ4v) is 3.28. The third-order valence-corrected chi connectivity index (χ3v) is 4.79. The quantitative estimate of drug-likeness (QED) is 0.764. The molecule has 0 radical (unpaired) electrons. The normalized spacial score (nSPS) is 11.3. The van der Waals surface area contributed by atoms with Gasteiger partial charge in [-0.1, -0.05) is 12.8 Å². The molecule has 0 unspecified atom stereocenters. The molecule has 0 saturated carbocycles. The van der Waals surface area contributed by atoms with Gasteiger partial charge in [-0.3, -0.25) is 0 Å². The van der Waals surface area contributed by atoms with Crippen molar-refractivity contribution in [3.05, 3.63) is 23.8 Å². The molecule has 1 aromatic rings. The number of hydrogen-bond acceptors (Lipinski definition) is 4. The average Bonchev–Trinajstić information content (AvgIpc) is 2.44. The van der Waals surface area contributed by atoms with Gasteiger partial charge in [-0.05, 0) is 25.2 Å². The van der Waals surface area contributed by atoms with Gasteiger partial charge in [0.15, 0.2) is 0 Å². The molecule has 0 fully saturated rings. The maximum Gasteiger partial charge on any atom is 0.243 e. The molecule has 1 rings (SSSR count). The third kappa shape index (κ3) is 3.51. The van der Waals surface area contributed by atoms with Crippen LogP contribution in [-0.2, 0) is 16.6 Å². The van der Waals surface area contributed by atoms with Crippen LogP contribution in [0.2, 0.25) is 0 Å². The minimum absolute atomic E-state index is 0.0617. The maximum atomic E-state index is 12.5. The molecule has 0 aliphatic heterocycles. The van der Waals surface area contributed by atoms with E-state index in [1.54, 1.807) is 33.2 Å². The van der Waals surface area contributed by atoms with Crippen LogP contribution in [0.25, 0.3) is 0 Å². The van der Waals surface area contributed by atoms with Gasteiger partial charge in [-0.25, -0.2) is 8.42 Å². The summed E-state index contributed by atoms with van der Waals surface area (Å²) in [6, 6.07) is 4.81. The van der Waals surface area contributed by atoms with Crippen LogP contribution in [0, 0.1) is 12.3 Å². The molecule has 110 valence electrons. The Morgan fingerprint density at radius 3 is 2.65 bits per heavy atom. The molecule has 0 spiro atoms. The number of benzene rings is 1. The predicted octanol–water partition coefficient (Wildman–Crippen LogP) is 1.06. The molecule has 0 aromatic heterocycles. The lowest BCUT2D eigenvalue weighted by Gasteiger charge is -2.19. The molecule has 0 heterocycles. The lowest BCUT2D eigenvalue weighted by Crippen LogP contribution is -2.31. The molecule has 20 heavy (non-hydrogen) atoms. The highest BCUT2D eigenvalue weighted by Gasteiger charge is 2.23. The first-order valence-electron chi connectivity index (χ1n) is 6.26. The molecule has 0 saturated heterocycles. The van der Waals surface area contributed by atoms with E-state index in [1.165, 1.54) is 10.4 Å². The van der Waals surface area contributed by atoms with Crippen molar-refractivity contribution in [3.8, 4) is 18.1 Å². The summed E-state index contributed by atoms with van der Waals surface area (Å²) in [5.41, 5.74) is 0.785. The molecule has 1 N–H and O–H groups in total. The molecule has 0 bridgehead atoms. The van der Waals surface area contributed by atoms with E-state index in [1.807, 2.05) is 0 Å². The number of terminal acetylenes is 1. The van der Waals surface area contributed by atoms with Gasteiger partial charge >= 0.3 is 0 Å². The van der Waals surface area contributed by atoms with Crippen LogP contribution in [0.5, 0.6) is 5.75 Å². The number of nitrogens with one attached hydrogen (secondary N) is 1. The summed E-state index contributed by atoms with van der Waals surface area (Å²) in [4.78, 5) is 0.223. The summed E-state index contributed by atoms with van der Waals surface area (Å²) >= 11 is 0. The van der Waals surface area contributed by atoms with E-state index in [0.717, 1.165) is 5.56 Å². The van der Waals surface area contributed by atoms with Crippen molar-refractivity contribution < 1.29 is 13.2 Å². The predicted molar refractivity (Wildman–Crippen MR) is 79.0 cm³/mol. The van der Waals surface area contributed by atoms with Crippen molar-refractivity contribution in [2.75, 3.05) is 27.2 Å². The zero-order valence-electron chi connectivity index (χ0n) is 12.0. The summed E-state index contributed by atoms with van der Waals surface area (Å²) in [7, 11) is -0.228. The Labute approximate surface area is 121 Å². The molecule has 0 aliphatic rings. The van der Waals surface area contributed by atoms with Gasteiger partial charge in [0, 0.05) is 18.7 Å². The Morgan fingerprint density at radius 2 is 2.15 bits per heavy atom. The van der Waals surface area contributed by atoms with Crippen LogP contribution in [0.15, 0.2) is 23.1 Å². The lowest BCUT2D eigenvalue weighted by molar-refractivity contribution is 0.407. The first kappa shape index (κ1) is 16.5. The molecule has 0 amide bonds. The molecule has 1 aromatic carbocycles. The molecule has 0 atom stereocenters. The molecule has 6 heteroatoms. The van der Waals surface area contributed by atoms with Crippen LogP contribution >= 0.6 is 0 Å². The van der Waals surface area contributed by atoms with Gasteiger partial charge in [-0.15, -0.1) is 6.42 Å². The second kappa shape index (κ2) is 7.29. The number of rotatable bonds is 7. The van der Waals surface area contributed by atoms with E-state index in [9.17, 15) is 8.42 Å². The summed E-state index contributed by atoms with van der Waals surface area (Å²) in [6.07, 6.45) is 5.22. The Balaban J connectivity index is 3.25. The second-order valence-corrected chi connectivity index (χ2v) is 6.08. The van der Waals surface area contributed by atoms with Crippen molar-refractivity contribution >= 4 is 10.0 Å². The zero-order valence-corrected chi connectivity index (χ0v) is 12.8. The molecular weight excluding hydrogens is 276 g/mol. The highest BCUT2D eigenvalue weighted by molar-refractivity contribution is 7.89. The SMILES string of the molecule is C#CCN(CC)S(=O)(=O)c1ccc(OC)c(CNC)c1. The molecule has 5 nitrogen and oxygen atoms in total. The highest BCUT2D eigenvalue weighted by Crippen LogP contribution is 2.24. The van der Waals surface area contributed by atoms with Gasteiger partial charge in [0.1, 0.15) is 5.75 Å².